The molecule has 1 aliphatic carbocycles. The number of hydrogen-bond donors (Lipinski definition) is 1. The van der Waals surface area contributed by atoms with Gasteiger partial charge in [0.05, 0.1) is 11.9 Å². The smallest absolute Gasteiger partial charge is 0.137 e. The predicted octanol–water partition coefficient (Wildman–Crippen LogP) is 3.65. The summed E-state index contributed by atoms with van der Waals surface area (Å²) < 4.78 is 1.91. The normalized spacial score (nSPS) is 16.2. The maximum Gasteiger partial charge on any atom is 0.137 e. The zero-order valence-electron chi connectivity index (χ0n) is 11.8. The number of imidazole rings is 1. The SMILES string of the molecule is c1cn(-c2ccc(NCCC3CCCCC3)cn2)cn1. The summed E-state index contributed by atoms with van der Waals surface area (Å²) in [5.41, 5.74) is 1.10. The maximum absolute atomic E-state index is 4.45. The molecule has 2 aromatic rings. The predicted molar refractivity (Wildman–Crippen MR) is 81.0 cm³/mol. The third kappa shape index (κ3) is 3.38. The number of anilines is 1. The van der Waals surface area contributed by atoms with Crippen molar-refractivity contribution in [1.82, 2.24) is 14.5 Å². The van der Waals surface area contributed by atoms with E-state index in [1.807, 2.05) is 23.0 Å². The van der Waals surface area contributed by atoms with Crippen LogP contribution in [0.4, 0.5) is 5.69 Å². The number of nitrogens with one attached hydrogen (secondary N) is 1. The van der Waals surface area contributed by atoms with Gasteiger partial charge in [0, 0.05) is 18.9 Å². The Bertz CT molecular complexity index is 498. The number of aromatic nitrogens is 3. The average molecular weight is 270 g/mol. The number of pyridine rings is 1. The van der Waals surface area contributed by atoms with Crippen molar-refractivity contribution >= 4 is 5.69 Å². The van der Waals surface area contributed by atoms with Gasteiger partial charge in [-0.25, -0.2) is 9.97 Å². The van der Waals surface area contributed by atoms with Gasteiger partial charge in [-0.2, -0.15) is 0 Å². The maximum atomic E-state index is 4.45. The first-order chi connectivity index (χ1) is 9.92. The van der Waals surface area contributed by atoms with Crippen LogP contribution in [0.3, 0.4) is 0 Å². The molecule has 1 N–H and O–H groups in total. The van der Waals surface area contributed by atoms with E-state index in [4.69, 9.17) is 0 Å². The van der Waals surface area contributed by atoms with E-state index < -0.39 is 0 Å². The number of hydrogen-bond acceptors (Lipinski definition) is 3. The number of rotatable bonds is 5. The first-order valence-corrected chi connectivity index (χ1v) is 7.60. The Kier molecular flexibility index (Phi) is 4.31. The fourth-order valence-electron chi connectivity index (χ4n) is 2.93. The van der Waals surface area contributed by atoms with Gasteiger partial charge >= 0.3 is 0 Å². The lowest BCUT2D eigenvalue weighted by Gasteiger charge is -2.21. The third-order valence-corrected chi connectivity index (χ3v) is 4.12. The van der Waals surface area contributed by atoms with Crippen LogP contribution in [0.2, 0.25) is 0 Å². The third-order valence-electron chi connectivity index (χ3n) is 4.12. The molecule has 106 valence electrons. The van der Waals surface area contributed by atoms with E-state index in [1.54, 1.807) is 12.5 Å². The Morgan fingerprint density at radius 2 is 2.10 bits per heavy atom. The largest absolute Gasteiger partial charge is 0.384 e. The zero-order valence-corrected chi connectivity index (χ0v) is 11.8. The van der Waals surface area contributed by atoms with Gasteiger partial charge in [0.1, 0.15) is 12.1 Å². The minimum Gasteiger partial charge on any atom is -0.384 e. The van der Waals surface area contributed by atoms with Crippen LogP contribution < -0.4 is 5.32 Å². The van der Waals surface area contributed by atoms with Gasteiger partial charge in [0.2, 0.25) is 0 Å². The lowest BCUT2D eigenvalue weighted by atomic mass is 9.87. The zero-order chi connectivity index (χ0) is 13.6. The highest BCUT2D eigenvalue weighted by molar-refractivity contribution is 5.43. The van der Waals surface area contributed by atoms with Crippen LogP contribution >= 0.6 is 0 Å². The van der Waals surface area contributed by atoms with Crippen molar-refractivity contribution < 1.29 is 0 Å². The molecular weight excluding hydrogens is 248 g/mol. The molecule has 0 aromatic carbocycles. The molecule has 0 unspecified atom stereocenters. The van der Waals surface area contributed by atoms with E-state index in [1.165, 1.54) is 38.5 Å². The van der Waals surface area contributed by atoms with Crippen molar-refractivity contribution in [2.75, 3.05) is 11.9 Å². The summed E-state index contributed by atoms with van der Waals surface area (Å²) in [6, 6.07) is 4.10. The van der Waals surface area contributed by atoms with Gasteiger partial charge in [-0.15, -0.1) is 0 Å². The van der Waals surface area contributed by atoms with Gasteiger partial charge in [0.25, 0.3) is 0 Å². The van der Waals surface area contributed by atoms with E-state index >= 15 is 0 Å². The average Bonchev–Trinajstić information content (AvgIpc) is 3.03. The monoisotopic (exact) mass is 270 g/mol. The Morgan fingerprint density at radius 1 is 1.20 bits per heavy atom. The molecule has 4 heteroatoms. The number of nitrogens with zero attached hydrogens (tertiary/aromatic N) is 3. The molecule has 1 fully saturated rings. The molecule has 1 saturated carbocycles. The van der Waals surface area contributed by atoms with Gasteiger partial charge in [-0.3, -0.25) is 4.57 Å². The van der Waals surface area contributed by atoms with Crippen LogP contribution in [0.15, 0.2) is 37.1 Å². The van der Waals surface area contributed by atoms with Crippen LogP contribution in [-0.4, -0.2) is 21.1 Å². The molecule has 0 aliphatic heterocycles. The first kappa shape index (κ1) is 13.2. The summed E-state index contributed by atoms with van der Waals surface area (Å²) in [5, 5.41) is 3.48. The molecule has 20 heavy (non-hydrogen) atoms. The Hall–Kier alpha value is -1.84. The van der Waals surface area contributed by atoms with Crippen molar-refractivity contribution in [2.45, 2.75) is 38.5 Å². The fraction of sp³-hybridized carbons (Fsp3) is 0.500. The molecule has 2 aromatic heterocycles. The summed E-state index contributed by atoms with van der Waals surface area (Å²) in [5.74, 6) is 1.83. The molecule has 2 heterocycles. The second-order valence-corrected chi connectivity index (χ2v) is 5.59. The van der Waals surface area contributed by atoms with Gasteiger partial charge in [-0.05, 0) is 24.5 Å². The molecule has 0 amide bonds. The summed E-state index contributed by atoms with van der Waals surface area (Å²) >= 11 is 0. The summed E-state index contributed by atoms with van der Waals surface area (Å²) in [6.45, 7) is 1.05. The second kappa shape index (κ2) is 6.55. The van der Waals surface area contributed by atoms with Gasteiger partial charge in [0.15, 0.2) is 0 Å². The van der Waals surface area contributed by atoms with Crippen LogP contribution in [0.25, 0.3) is 5.82 Å². The molecule has 1 aliphatic rings. The topological polar surface area (TPSA) is 42.7 Å². The molecule has 3 rings (SSSR count). The van der Waals surface area contributed by atoms with E-state index in [0.717, 1.165) is 24.0 Å². The Morgan fingerprint density at radius 3 is 2.80 bits per heavy atom. The molecule has 0 radical (unpaired) electrons. The molecule has 0 saturated heterocycles. The fourth-order valence-corrected chi connectivity index (χ4v) is 2.93. The standard InChI is InChI=1S/C16H22N4/c1-2-4-14(5-3-1)8-9-18-15-6-7-16(19-12-15)20-11-10-17-13-20/h6-7,10-14,18H,1-5,8-9H2. The molecule has 4 nitrogen and oxygen atoms in total. The lowest BCUT2D eigenvalue weighted by Crippen LogP contribution is -2.12. The van der Waals surface area contributed by atoms with Crippen molar-refractivity contribution in [3.63, 3.8) is 0 Å². The molecular formula is C16H22N4. The van der Waals surface area contributed by atoms with Crippen LogP contribution in [-0.2, 0) is 0 Å². The van der Waals surface area contributed by atoms with E-state index in [0.29, 0.717) is 0 Å². The summed E-state index contributed by atoms with van der Waals surface area (Å²) in [4.78, 5) is 8.48. The van der Waals surface area contributed by atoms with E-state index in [9.17, 15) is 0 Å². The summed E-state index contributed by atoms with van der Waals surface area (Å²) in [6.07, 6.45) is 15.7. The minimum absolute atomic E-state index is 0.903. The minimum atomic E-state index is 0.903. The highest BCUT2D eigenvalue weighted by Crippen LogP contribution is 2.26. The van der Waals surface area contributed by atoms with Crippen molar-refractivity contribution in [2.24, 2.45) is 5.92 Å². The Balaban J connectivity index is 1.48. The first-order valence-electron chi connectivity index (χ1n) is 7.60. The molecule has 0 spiro atoms. The Labute approximate surface area is 120 Å². The van der Waals surface area contributed by atoms with Crippen molar-refractivity contribution in [3.8, 4) is 5.82 Å². The highest BCUT2D eigenvalue weighted by Gasteiger charge is 2.12. The molecule has 0 bridgehead atoms. The van der Waals surface area contributed by atoms with Crippen molar-refractivity contribution in [3.05, 3.63) is 37.1 Å². The van der Waals surface area contributed by atoms with Crippen LogP contribution in [0.5, 0.6) is 0 Å². The van der Waals surface area contributed by atoms with Crippen molar-refractivity contribution in [1.29, 1.82) is 0 Å². The van der Waals surface area contributed by atoms with E-state index in [2.05, 4.69) is 21.4 Å². The lowest BCUT2D eigenvalue weighted by molar-refractivity contribution is 0.345. The van der Waals surface area contributed by atoms with Gasteiger partial charge < -0.3 is 5.32 Å². The highest BCUT2D eigenvalue weighted by atomic mass is 15.1. The van der Waals surface area contributed by atoms with Crippen LogP contribution in [0, 0.1) is 5.92 Å². The second-order valence-electron chi connectivity index (χ2n) is 5.59. The van der Waals surface area contributed by atoms with Gasteiger partial charge in [-0.1, -0.05) is 32.1 Å². The molecule has 0 atom stereocenters. The quantitative estimate of drug-likeness (QED) is 0.901. The van der Waals surface area contributed by atoms with Crippen LogP contribution in [0.1, 0.15) is 38.5 Å². The van der Waals surface area contributed by atoms with E-state index in [-0.39, 0.29) is 0 Å². The summed E-state index contributed by atoms with van der Waals surface area (Å²) in [7, 11) is 0.